The lowest BCUT2D eigenvalue weighted by atomic mass is 10.1. The van der Waals surface area contributed by atoms with Crippen molar-refractivity contribution in [3.8, 4) is 5.75 Å². The summed E-state index contributed by atoms with van der Waals surface area (Å²) in [4.78, 5) is 23.6. The van der Waals surface area contributed by atoms with Crippen LogP contribution in [0.1, 0.15) is 11.1 Å². The Balaban J connectivity index is 1.80. The van der Waals surface area contributed by atoms with Gasteiger partial charge in [-0.3, -0.25) is 9.59 Å². The molecule has 0 aromatic heterocycles. The van der Waals surface area contributed by atoms with Crippen molar-refractivity contribution >= 4 is 17.6 Å². The third-order valence-corrected chi connectivity index (χ3v) is 3.15. The van der Waals surface area contributed by atoms with Crippen molar-refractivity contribution in [2.75, 3.05) is 19.0 Å². The summed E-state index contributed by atoms with van der Waals surface area (Å²) in [6.45, 7) is 1.63. The van der Waals surface area contributed by atoms with Crippen LogP contribution in [0.5, 0.6) is 5.75 Å². The summed E-state index contributed by atoms with van der Waals surface area (Å²) in [6, 6.07) is 14.6. The van der Waals surface area contributed by atoms with Crippen LogP contribution < -0.4 is 10.1 Å². The predicted octanol–water partition coefficient (Wildman–Crippen LogP) is 2.73. The van der Waals surface area contributed by atoms with E-state index in [1.165, 1.54) is 0 Å². The van der Waals surface area contributed by atoms with E-state index in [1.54, 1.807) is 37.4 Å². The number of ether oxygens (including phenoxy) is 2. The average Bonchev–Trinajstić information content (AvgIpc) is 2.53. The van der Waals surface area contributed by atoms with Crippen molar-refractivity contribution in [2.24, 2.45) is 0 Å². The standard InChI is InChI=1S/C18H19NO4/c1-13-5-3-7-15(9-13)19-17(20)12-23-18(21)11-14-6-4-8-16(10-14)22-2/h3-10H,11-12H2,1-2H3,(H,19,20). The van der Waals surface area contributed by atoms with Gasteiger partial charge in [0.25, 0.3) is 5.91 Å². The highest BCUT2D eigenvalue weighted by Crippen LogP contribution is 2.13. The van der Waals surface area contributed by atoms with Gasteiger partial charge >= 0.3 is 5.97 Å². The molecule has 0 aliphatic carbocycles. The van der Waals surface area contributed by atoms with Crippen LogP contribution in [0.15, 0.2) is 48.5 Å². The first-order valence-corrected chi connectivity index (χ1v) is 7.22. The summed E-state index contributed by atoms with van der Waals surface area (Å²) in [7, 11) is 1.56. The van der Waals surface area contributed by atoms with Gasteiger partial charge in [-0.25, -0.2) is 0 Å². The van der Waals surface area contributed by atoms with Crippen LogP contribution in [0.2, 0.25) is 0 Å². The van der Waals surface area contributed by atoms with Crippen molar-refractivity contribution < 1.29 is 19.1 Å². The van der Waals surface area contributed by atoms with E-state index in [0.29, 0.717) is 11.4 Å². The number of nitrogens with one attached hydrogen (secondary N) is 1. The summed E-state index contributed by atoms with van der Waals surface area (Å²) in [6.07, 6.45) is 0.0922. The zero-order chi connectivity index (χ0) is 16.7. The molecule has 0 aliphatic rings. The second-order valence-corrected chi connectivity index (χ2v) is 5.11. The number of hydrogen-bond acceptors (Lipinski definition) is 4. The Bertz CT molecular complexity index is 697. The van der Waals surface area contributed by atoms with Crippen molar-refractivity contribution in [1.29, 1.82) is 0 Å². The Morgan fingerprint density at radius 1 is 1.09 bits per heavy atom. The van der Waals surface area contributed by atoms with Gasteiger partial charge in [0, 0.05) is 5.69 Å². The maximum absolute atomic E-state index is 11.8. The summed E-state index contributed by atoms with van der Waals surface area (Å²) in [5, 5.41) is 2.68. The monoisotopic (exact) mass is 313 g/mol. The van der Waals surface area contributed by atoms with Crippen molar-refractivity contribution in [3.63, 3.8) is 0 Å². The zero-order valence-corrected chi connectivity index (χ0v) is 13.2. The lowest BCUT2D eigenvalue weighted by molar-refractivity contribution is -0.146. The van der Waals surface area contributed by atoms with E-state index in [1.807, 2.05) is 25.1 Å². The molecule has 120 valence electrons. The van der Waals surface area contributed by atoms with Crippen molar-refractivity contribution in [1.82, 2.24) is 0 Å². The quantitative estimate of drug-likeness (QED) is 0.833. The van der Waals surface area contributed by atoms with E-state index < -0.39 is 5.97 Å². The highest BCUT2D eigenvalue weighted by Gasteiger charge is 2.09. The first-order valence-electron chi connectivity index (χ1n) is 7.22. The van der Waals surface area contributed by atoms with Crippen LogP contribution in [-0.2, 0) is 20.7 Å². The maximum atomic E-state index is 11.8. The minimum absolute atomic E-state index is 0.0922. The molecule has 0 bridgehead atoms. The van der Waals surface area contributed by atoms with E-state index in [0.717, 1.165) is 11.1 Å². The molecule has 0 atom stereocenters. The van der Waals surface area contributed by atoms with Crippen LogP contribution in [0.3, 0.4) is 0 Å². The zero-order valence-electron chi connectivity index (χ0n) is 13.2. The Morgan fingerprint density at radius 3 is 2.61 bits per heavy atom. The number of aryl methyl sites for hydroxylation is 1. The van der Waals surface area contributed by atoms with Crippen molar-refractivity contribution in [3.05, 3.63) is 59.7 Å². The lowest BCUT2D eigenvalue weighted by Gasteiger charge is -2.08. The number of amides is 1. The molecule has 5 nitrogen and oxygen atoms in total. The topological polar surface area (TPSA) is 64.6 Å². The summed E-state index contributed by atoms with van der Waals surface area (Å²) in [5.41, 5.74) is 2.49. The highest BCUT2D eigenvalue weighted by molar-refractivity contribution is 5.92. The summed E-state index contributed by atoms with van der Waals surface area (Å²) >= 11 is 0. The molecular weight excluding hydrogens is 294 g/mol. The van der Waals surface area contributed by atoms with E-state index in [-0.39, 0.29) is 18.9 Å². The minimum Gasteiger partial charge on any atom is -0.497 e. The molecule has 0 saturated heterocycles. The Kier molecular flexibility index (Phi) is 5.74. The molecule has 0 radical (unpaired) electrons. The fraction of sp³-hybridized carbons (Fsp3) is 0.222. The fourth-order valence-corrected chi connectivity index (χ4v) is 2.07. The number of methoxy groups -OCH3 is 1. The van der Waals surface area contributed by atoms with Gasteiger partial charge in [-0.15, -0.1) is 0 Å². The molecule has 0 aliphatic heterocycles. The SMILES string of the molecule is COc1cccc(CC(=O)OCC(=O)Nc2cccc(C)c2)c1. The van der Waals surface area contributed by atoms with Crippen LogP contribution in [0.4, 0.5) is 5.69 Å². The number of hydrogen-bond donors (Lipinski definition) is 1. The molecular formula is C18H19NO4. The van der Waals surface area contributed by atoms with E-state index in [4.69, 9.17) is 9.47 Å². The smallest absolute Gasteiger partial charge is 0.310 e. The predicted molar refractivity (Wildman–Crippen MR) is 87.5 cm³/mol. The number of rotatable bonds is 6. The molecule has 0 fully saturated rings. The summed E-state index contributed by atoms with van der Waals surface area (Å²) < 4.78 is 10.1. The van der Waals surface area contributed by atoms with Crippen LogP contribution >= 0.6 is 0 Å². The molecule has 0 saturated carbocycles. The molecule has 2 rings (SSSR count). The number of carbonyl (C=O) groups excluding carboxylic acids is 2. The highest BCUT2D eigenvalue weighted by atomic mass is 16.5. The van der Waals surface area contributed by atoms with Gasteiger partial charge in [0.2, 0.25) is 0 Å². The Labute approximate surface area is 135 Å². The Morgan fingerprint density at radius 2 is 1.87 bits per heavy atom. The second-order valence-electron chi connectivity index (χ2n) is 5.11. The van der Waals surface area contributed by atoms with Crippen LogP contribution in [0.25, 0.3) is 0 Å². The second kappa shape index (κ2) is 7.98. The minimum atomic E-state index is -0.461. The fourth-order valence-electron chi connectivity index (χ4n) is 2.07. The average molecular weight is 313 g/mol. The van der Waals surface area contributed by atoms with Gasteiger partial charge in [0.15, 0.2) is 6.61 Å². The third-order valence-electron chi connectivity index (χ3n) is 3.15. The first-order chi connectivity index (χ1) is 11.1. The molecule has 0 heterocycles. The van der Waals surface area contributed by atoms with E-state index in [2.05, 4.69) is 5.32 Å². The number of benzene rings is 2. The molecule has 0 spiro atoms. The van der Waals surface area contributed by atoms with E-state index in [9.17, 15) is 9.59 Å². The largest absolute Gasteiger partial charge is 0.497 e. The van der Waals surface area contributed by atoms with Gasteiger partial charge in [-0.2, -0.15) is 0 Å². The van der Waals surface area contributed by atoms with Crippen molar-refractivity contribution in [2.45, 2.75) is 13.3 Å². The van der Waals surface area contributed by atoms with Crippen LogP contribution in [-0.4, -0.2) is 25.6 Å². The molecule has 5 heteroatoms. The molecule has 1 amide bonds. The Hall–Kier alpha value is -2.82. The third kappa shape index (κ3) is 5.47. The van der Waals surface area contributed by atoms with Crippen LogP contribution in [0, 0.1) is 6.92 Å². The van der Waals surface area contributed by atoms with E-state index >= 15 is 0 Å². The molecule has 2 aromatic carbocycles. The number of anilines is 1. The lowest BCUT2D eigenvalue weighted by Crippen LogP contribution is -2.21. The summed E-state index contributed by atoms with van der Waals surface area (Å²) in [5.74, 6) is -0.153. The van der Waals surface area contributed by atoms with Gasteiger partial charge in [0.05, 0.1) is 13.5 Å². The van der Waals surface area contributed by atoms with Gasteiger partial charge in [-0.05, 0) is 42.3 Å². The maximum Gasteiger partial charge on any atom is 0.310 e. The number of esters is 1. The normalized spacial score (nSPS) is 10.0. The van der Waals surface area contributed by atoms with Gasteiger partial charge in [-0.1, -0.05) is 24.3 Å². The molecule has 0 unspecified atom stereocenters. The molecule has 2 aromatic rings. The molecule has 23 heavy (non-hydrogen) atoms. The van der Waals surface area contributed by atoms with Gasteiger partial charge < -0.3 is 14.8 Å². The molecule has 1 N–H and O–H groups in total. The first kappa shape index (κ1) is 16.5. The number of carbonyl (C=O) groups is 2. The van der Waals surface area contributed by atoms with Gasteiger partial charge in [0.1, 0.15) is 5.75 Å².